The van der Waals surface area contributed by atoms with E-state index in [4.69, 9.17) is 10.5 Å². The summed E-state index contributed by atoms with van der Waals surface area (Å²) in [5.74, 6) is 0.645. The highest BCUT2D eigenvalue weighted by Gasteiger charge is 2.22. The van der Waals surface area contributed by atoms with Crippen LogP contribution in [0.25, 0.3) is 0 Å². The number of nitrogen functional groups attached to an aromatic ring is 1. The van der Waals surface area contributed by atoms with Crippen LogP contribution in [0.5, 0.6) is 0 Å². The van der Waals surface area contributed by atoms with Crippen LogP contribution in [0.4, 0.5) is 5.82 Å². The topological polar surface area (TPSA) is 70.1 Å². The Bertz CT molecular complexity index is 590. The van der Waals surface area contributed by atoms with E-state index in [1.54, 1.807) is 18.3 Å². The lowest BCUT2D eigenvalue weighted by atomic mass is 10.1. The summed E-state index contributed by atoms with van der Waals surface area (Å²) in [6.07, 6.45) is 0.854. The molecule has 20 heavy (non-hydrogen) atoms. The van der Waals surface area contributed by atoms with Crippen LogP contribution in [0, 0.1) is 6.92 Å². The number of carbonyl (C=O) groups excluding carboxylic acids is 1. The Morgan fingerprint density at radius 3 is 2.95 bits per heavy atom. The molecule has 5 nitrogen and oxygen atoms in total. The smallest absolute Gasteiger partial charge is 0.360 e. The molecule has 108 valence electrons. The number of aryl methyl sites for hydroxylation is 1. The zero-order valence-corrected chi connectivity index (χ0v) is 12.7. The van der Waals surface area contributed by atoms with E-state index < -0.39 is 5.97 Å². The molecule has 0 amide bonds. The van der Waals surface area contributed by atoms with Gasteiger partial charge < -0.3 is 15.0 Å². The molecule has 2 aromatic rings. The minimum atomic E-state index is -0.463. The fraction of sp³-hybridized carbons (Fsp3) is 0.429. The Morgan fingerprint density at radius 2 is 2.35 bits per heavy atom. The third kappa shape index (κ3) is 2.85. The van der Waals surface area contributed by atoms with Gasteiger partial charge in [0.05, 0.1) is 6.61 Å². The first-order chi connectivity index (χ1) is 9.54. The van der Waals surface area contributed by atoms with Crippen molar-refractivity contribution in [3.8, 4) is 0 Å². The Morgan fingerprint density at radius 1 is 1.60 bits per heavy atom. The average molecular weight is 293 g/mol. The zero-order valence-electron chi connectivity index (χ0n) is 11.9. The molecule has 0 aliphatic rings. The molecule has 0 fully saturated rings. The van der Waals surface area contributed by atoms with Crippen molar-refractivity contribution in [3.63, 3.8) is 0 Å². The summed E-state index contributed by atoms with van der Waals surface area (Å²) in [4.78, 5) is 16.0. The molecule has 0 radical (unpaired) electrons. The molecule has 2 rings (SSSR count). The first kappa shape index (κ1) is 14.6. The van der Waals surface area contributed by atoms with E-state index in [1.807, 2.05) is 11.5 Å². The monoisotopic (exact) mass is 293 g/mol. The highest BCUT2D eigenvalue weighted by atomic mass is 32.1. The standard InChI is InChI=1S/C14H19N3O2S/c1-4-19-14(18)12-13(15)17(10(3)16-12)9(2)7-11-5-6-20-8-11/h5-6,8-9H,4,7,15H2,1-3H3. The number of rotatable bonds is 5. The normalized spacial score (nSPS) is 12.3. The molecule has 1 unspecified atom stereocenters. The van der Waals surface area contributed by atoms with E-state index in [1.165, 1.54) is 5.56 Å². The molecular formula is C14H19N3O2S. The van der Waals surface area contributed by atoms with Gasteiger partial charge in [0.15, 0.2) is 5.69 Å². The molecule has 2 N–H and O–H groups in total. The summed E-state index contributed by atoms with van der Waals surface area (Å²) in [6.45, 7) is 5.99. The molecule has 0 aliphatic heterocycles. The van der Waals surface area contributed by atoms with Gasteiger partial charge in [-0.15, -0.1) is 0 Å². The Labute approximate surface area is 122 Å². The van der Waals surface area contributed by atoms with Crippen molar-refractivity contribution >= 4 is 23.1 Å². The van der Waals surface area contributed by atoms with Gasteiger partial charge in [-0.2, -0.15) is 11.3 Å². The molecular weight excluding hydrogens is 274 g/mol. The van der Waals surface area contributed by atoms with Crippen molar-refractivity contribution in [2.24, 2.45) is 0 Å². The maximum atomic E-state index is 11.8. The zero-order chi connectivity index (χ0) is 14.7. The van der Waals surface area contributed by atoms with Crippen molar-refractivity contribution in [1.82, 2.24) is 9.55 Å². The minimum Gasteiger partial charge on any atom is -0.461 e. The van der Waals surface area contributed by atoms with E-state index in [0.29, 0.717) is 12.4 Å². The predicted octanol–water partition coefficient (Wildman–Crippen LogP) is 2.82. The van der Waals surface area contributed by atoms with Crippen LogP contribution in [0.2, 0.25) is 0 Å². The SMILES string of the molecule is CCOC(=O)c1nc(C)n(C(C)Cc2ccsc2)c1N. The Hall–Kier alpha value is -1.82. The van der Waals surface area contributed by atoms with E-state index in [2.05, 4.69) is 28.7 Å². The first-order valence-corrected chi connectivity index (χ1v) is 7.51. The lowest BCUT2D eigenvalue weighted by molar-refractivity contribution is 0.0521. The maximum Gasteiger partial charge on any atom is 0.360 e. The van der Waals surface area contributed by atoms with Crippen LogP contribution in [0.1, 0.15) is 41.8 Å². The number of imidazole rings is 1. The highest BCUT2D eigenvalue weighted by Crippen LogP contribution is 2.24. The average Bonchev–Trinajstić information content (AvgIpc) is 2.98. The van der Waals surface area contributed by atoms with Crippen LogP contribution in [-0.4, -0.2) is 22.1 Å². The lowest BCUT2D eigenvalue weighted by Gasteiger charge is -2.16. The number of ether oxygens (including phenoxy) is 1. The molecule has 0 saturated carbocycles. The largest absolute Gasteiger partial charge is 0.461 e. The second-order valence-electron chi connectivity index (χ2n) is 4.67. The summed E-state index contributed by atoms with van der Waals surface area (Å²) in [5.41, 5.74) is 7.53. The predicted molar refractivity (Wildman–Crippen MR) is 80.1 cm³/mol. The van der Waals surface area contributed by atoms with Crippen LogP contribution < -0.4 is 5.73 Å². The summed E-state index contributed by atoms with van der Waals surface area (Å²) in [7, 11) is 0. The van der Waals surface area contributed by atoms with Crippen molar-refractivity contribution in [2.45, 2.75) is 33.2 Å². The van der Waals surface area contributed by atoms with Gasteiger partial charge in [-0.1, -0.05) is 0 Å². The maximum absolute atomic E-state index is 11.8. The summed E-state index contributed by atoms with van der Waals surface area (Å²) in [5, 5.41) is 4.17. The van der Waals surface area contributed by atoms with Crippen molar-refractivity contribution in [3.05, 3.63) is 33.9 Å². The van der Waals surface area contributed by atoms with Gasteiger partial charge in [-0.3, -0.25) is 0 Å². The van der Waals surface area contributed by atoms with E-state index in [-0.39, 0.29) is 11.7 Å². The van der Waals surface area contributed by atoms with Gasteiger partial charge in [0.25, 0.3) is 0 Å². The number of hydrogen-bond donors (Lipinski definition) is 1. The van der Waals surface area contributed by atoms with Gasteiger partial charge in [0.1, 0.15) is 11.6 Å². The number of thiophene rings is 1. The van der Waals surface area contributed by atoms with Crippen LogP contribution in [0.3, 0.4) is 0 Å². The van der Waals surface area contributed by atoms with Crippen LogP contribution in [0.15, 0.2) is 16.8 Å². The van der Waals surface area contributed by atoms with Gasteiger partial charge >= 0.3 is 5.97 Å². The number of nitrogens with zero attached hydrogens (tertiary/aromatic N) is 2. The van der Waals surface area contributed by atoms with Gasteiger partial charge in [0.2, 0.25) is 0 Å². The van der Waals surface area contributed by atoms with Crippen LogP contribution in [-0.2, 0) is 11.2 Å². The molecule has 0 bridgehead atoms. The number of anilines is 1. The van der Waals surface area contributed by atoms with Crippen molar-refractivity contribution < 1.29 is 9.53 Å². The van der Waals surface area contributed by atoms with Gasteiger partial charge in [-0.25, -0.2) is 9.78 Å². The second kappa shape index (κ2) is 6.09. The number of carbonyl (C=O) groups is 1. The Kier molecular flexibility index (Phi) is 4.44. The Balaban J connectivity index is 2.25. The lowest BCUT2D eigenvalue weighted by Crippen LogP contribution is -2.14. The molecule has 1 atom stereocenters. The number of esters is 1. The van der Waals surface area contributed by atoms with E-state index in [9.17, 15) is 4.79 Å². The molecule has 2 aromatic heterocycles. The number of aromatic nitrogens is 2. The van der Waals surface area contributed by atoms with Crippen LogP contribution >= 0.6 is 11.3 Å². The van der Waals surface area contributed by atoms with Gasteiger partial charge in [-0.05, 0) is 49.6 Å². The summed E-state index contributed by atoms with van der Waals surface area (Å²) in [6, 6.07) is 2.23. The molecule has 6 heteroatoms. The molecule has 2 heterocycles. The van der Waals surface area contributed by atoms with E-state index in [0.717, 1.165) is 12.2 Å². The summed E-state index contributed by atoms with van der Waals surface area (Å²) < 4.78 is 6.86. The highest BCUT2D eigenvalue weighted by molar-refractivity contribution is 7.07. The number of nitrogens with two attached hydrogens (primary N) is 1. The number of hydrogen-bond acceptors (Lipinski definition) is 5. The summed E-state index contributed by atoms with van der Waals surface area (Å²) >= 11 is 1.67. The van der Waals surface area contributed by atoms with E-state index >= 15 is 0 Å². The van der Waals surface area contributed by atoms with Gasteiger partial charge in [0, 0.05) is 6.04 Å². The third-order valence-corrected chi connectivity index (χ3v) is 3.88. The first-order valence-electron chi connectivity index (χ1n) is 6.57. The second-order valence-corrected chi connectivity index (χ2v) is 5.45. The fourth-order valence-electron chi connectivity index (χ4n) is 2.31. The third-order valence-electron chi connectivity index (χ3n) is 3.15. The molecule has 0 saturated heterocycles. The fourth-order valence-corrected chi connectivity index (χ4v) is 2.99. The quantitative estimate of drug-likeness (QED) is 0.861. The molecule has 0 aromatic carbocycles. The van der Waals surface area contributed by atoms with Crippen molar-refractivity contribution in [2.75, 3.05) is 12.3 Å². The van der Waals surface area contributed by atoms with Crippen molar-refractivity contribution in [1.29, 1.82) is 0 Å². The molecule has 0 spiro atoms. The molecule has 0 aliphatic carbocycles. The minimum absolute atomic E-state index is 0.139.